The first kappa shape index (κ1) is 20.0. The number of amides is 1. The zero-order valence-electron chi connectivity index (χ0n) is 15.0. The molecule has 2 rings (SSSR count). The summed E-state index contributed by atoms with van der Waals surface area (Å²) < 4.78 is 11.5. The Bertz CT molecular complexity index is 761. The van der Waals surface area contributed by atoms with Crippen LogP contribution in [0, 0.1) is 6.92 Å². The summed E-state index contributed by atoms with van der Waals surface area (Å²) in [6, 6.07) is 14.8. The van der Waals surface area contributed by atoms with Gasteiger partial charge >= 0.3 is 5.97 Å². The maximum Gasteiger partial charge on any atom is 0.347 e. The molecule has 26 heavy (non-hydrogen) atoms. The van der Waals surface area contributed by atoms with Crippen LogP contribution in [0.3, 0.4) is 0 Å². The van der Waals surface area contributed by atoms with Crippen molar-refractivity contribution < 1.29 is 19.1 Å². The Morgan fingerprint density at radius 2 is 1.81 bits per heavy atom. The zero-order valence-corrected chi connectivity index (χ0v) is 16.6. The summed E-state index contributed by atoms with van der Waals surface area (Å²) >= 11 is 3.37. The highest BCUT2D eigenvalue weighted by Gasteiger charge is 2.18. The summed E-state index contributed by atoms with van der Waals surface area (Å²) in [6.07, 6.45) is -0.798. The average molecular weight is 420 g/mol. The van der Waals surface area contributed by atoms with Crippen LogP contribution in [0.4, 0.5) is 0 Å². The molecule has 0 fully saturated rings. The lowest BCUT2D eigenvalue weighted by molar-refractivity contribution is -0.154. The highest BCUT2D eigenvalue weighted by Crippen LogP contribution is 2.17. The van der Waals surface area contributed by atoms with Gasteiger partial charge in [-0.15, -0.1) is 0 Å². The largest absolute Gasteiger partial charge is 0.479 e. The molecule has 6 heteroatoms. The first-order valence-electron chi connectivity index (χ1n) is 8.30. The monoisotopic (exact) mass is 419 g/mol. The molecule has 0 spiro atoms. The van der Waals surface area contributed by atoms with Crippen LogP contribution < -0.4 is 10.1 Å². The van der Waals surface area contributed by atoms with E-state index >= 15 is 0 Å². The summed E-state index contributed by atoms with van der Waals surface area (Å²) in [6.45, 7) is 5.05. The summed E-state index contributed by atoms with van der Waals surface area (Å²) in [5.41, 5.74) is 1.99. The van der Waals surface area contributed by atoms with E-state index in [1.807, 2.05) is 56.3 Å². The van der Waals surface area contributed by atoms with Crippen molar-refractivity contribution in [3.05, 3.63) is 64.1 Å². The van der Waals surface area contributed by atoms with Gasteiger partial charge in [-0.05, 0) is 56.2 Å². The normalized spacial score (nSPS) is 12.8. The van der Waals surface area contributed by atoms with Crippen molar-refractivity contribution in [3.63, 3.8) is 0 Å². The average Bonchev–Trinajstić information content (AvgIpc) is 2.60. The fourth-order valence-electron chi connectivity index (χ4n) is 2.31. The topological polar surface area (TPSA) is 64.6 Å². The van der Waals surface area contributed by atoms with Crippen LogP contribution >= 0.6 is 15.9 Å². The first-order valence-corrected chi connectivity index (χ1v) is 9.09. The van der Waals surface area contributed by atoms with Gasteiger partial charge in [-0.3, -0.25) is 4.79 Å². The molecule has 0 unspecified atom stereocenters. The van der Waals surface area contributed by atoms with Crippen LogP contribution in [0.15, 0.2) is 53.0 Å². The van der Waals surface area contributed by atoms with Gasteiger partial charge in [0.05, 0.1) is 6.04 Å². The Balaban J connectivity index is 1.78. The maximum absolute atomic E-state index is 12.0. The number of halogens is 1. The number of hydrogen-bond acceptors (Lipinski definition) is 4. The van der Waals surface area contributed by atoms with Crippen molar-refractivity contribution in [1.82, 2.24) is 5.32 Å². The number of carbonyl (C=O) groups excluding carboxylic acids is 2. The molecule has 0 saturated carbocycles. The van der Waals surface area contributed by atoms with E-state index < -0.39 is 12.1 Å². The number of esters is 1. The number of nitrogens with one attached hydrogen (secondary N) is 1. The molecule has 138 valence electrons. The maximum atomic E-state index is 12.0. The third-order valence-electron chi connectivity index (χ3n) is 3.73. The number of aryl methyl sites for hydroxylation is 1. The van der Waals surface area contributed by atoms with E-state index in [-0.39, 0.29) is 18.6 Å². The van der Waals surface area contributed by atoms with Gasteiger partial charge in [0.25, 0.3) is 5.91 Å². The summed E-state index contributed by atoms with van der Waals surface area (Å²) in [5, 5.41) is 2.79. The molecule has 2 atom stereocenters. The van der Waals surface area contributed by atoms with Crippen molar-refractivity contribution in [2.75, 3.05) is 6.61 Å². The van der Waals surface area contributed by atoms with Gasteiger partial charge in [-0.25, -0.2) is 4.79 Å². The van der Waals surface area contributed by atoms with Crippen molar-refractivity contribution in [2.24, 2.45) is 0 Å². The van der Waals surface area contributed by atoms with Gasteiger partial charge in [-0.2, -0.15) is 0 Å². The predicted molar refractivity (Wildman–Crippen MR) is 103 cm³/mol. The van der Waals surface area contributed by atoms with Gasteiger partial charge in [0.1, 0.15) is 5.75 Å². The van der Waals surface area contributed by atoms with Crippen LogP contribution in [-0.4, -0.2) is 24.6 Å². The molecule has 1 amide bonds. The molecule has 2 aromatic rings. The SMILES string of the molecule is Cc1cccc(O[C@H](C)C(=O)OCC(=O)N[C@@H](C)c2ccc(Br)cc2)c1. The van der Waals surface area contributed by atoms with Crippen LogP contribution in [-0.2, 0) is 14.3 Å². The second-order valence-electron chi connectivity index (χ2n) is 6.03. The lowest BCUT2D eigenvalue weighted by Gasteiger charge is -2.16. The second kappa shape index (κ2) is 9.38. The van der Waals surface area contributed by atoms with E-state index in [9.17, 15) is 9.59 Å². The second-order valence-corrected chi connectivity index (χ2v) is 6.94. The van der Waals surface area contributed by atoms with Crippen molar-refractivity contribution >= 4 is 27.8 Å². The van der Waals surface area contributed by atoms with Crippen LogP contribution in [0.1, 0.15) is 31.0 Å². The number of benzene rings is 2. The summed E-state index contributed by atoms with van der Waals surface area (Å²) in [7, 11) is 0. The van der Waals surface area contributed by atoms with Crippen molar-refractivity contribution in [3.8, 4) is 5.75 Å². The summed E-state index contributed by atoms with van der Waals surface area (Å²) in [4.78, 5) is 24.0. The molecule has 0 bridgehead atoms. The molecule has 0 saturated heterocycles. The quantitative estimate of drug-likeness (QED) is 0.690. The van der Waals surface area contributed by atoms with E-state index in [2.05, 4.69) is 21.2 Å². The lowest BCUT2D eigenvalue weighted by Crippen LogP contribution is -2.34. The van der Waals surface area contributed by atoms with Crippen LogP contribution in [0.2, 0.25) is 0 Å². The van der Waals surface area contributed by atoms with E-state index in [0.29, 0.717) is 5.75 Å². The van der Waals surface area contributed by atoms with Gasteiger partial charge in [-0.1, -0.05) is 40.2 Å². The number of carbonyl (C=O) groups is 2. The van der Waals surface area contributed by atoms with Crippen molar-refractivity contribution in [2.45, 2.75) is 32.9 Å². The van der Waals surface area contributed by atoms with Crippen molar-refractivity contribution in [1.29, 1.82) is 0 Å². The molecule has 0 aliphatic rings. The standard InChI is InChI=1S/C20H22BrNO4/c1-13-5-4-6-18(11-13)26-15(3)20(24)25-12-19(23)22-14(2)16-7-9-17(21)10-8-16/h4-11,14-15H,12H2,1-3H3,(H,22,23)/t14-,15+/m0/s1. The van der Waals surface area contributed by atoms with Gasteiger partial charge < -0.3 is 14.8 Å². The Kier molecular flexibility index (Phi) is 7.21. The third-order valence-corrected chi connectivity index (χ3v) is 4.26. The smallest absolute Gasteiger partial charge is 0.347 e. The van der Waals surface area contributed by atoms with E-state index in [1.165, 1.54) is 0 Å². The molecule has 5 nitrogen and oxygen atoms in total. The first-order chi connectivity index (χ1) is 12.3. The van der Waals surface area contributed by atoms with Gasteiger partial charge in [0.15, 0.2) is 12.7 Å². The minimum absolute atomic E-state index is 0.185. The highest BCUT2D eigenvalue weighted by molar-refractivity contribution is 9.10. The molecular formula is C20H22BrNO4. The lowest BCUT2D eigenvalue weighted by atomic mass is 10.1. The minimum atomic E-state index is -0.798. The zero-order chi connectivity index (χ0) is 19.1. The Morgan fingerprint density at radius 1 is 1.12 bits per heavy atom. The van der Waals surface area contributed by atoms with E-state index in [4.69, 9.17) is 9.47 Å². The molecule has 0 aliphatic carbocycles. The van der Waals surface area contributed by atoms with Gasteiger partial charge in [0.2, 0.25) is 0 Å². The minimum Gasteiger partial charge on any atom is -0.479 e. The van der Waals surface area contributed by atoms with Crippen LogP contribution in [0.25, 0.3) is 0 Å². The number of rotatable bonds is 7. The fourth-order valence-corrected chi connectivity index (χ4v) is 2.58. The Morgan fingerprint density at radius 3 is 2.46 bits per heavy atom. The highest BCUT2D eigenvalue weighted by atomic mass is 79.9. The molecule has 2 aromatic carbocycles. The fraction of sp³-hybridized carbons (Fsp3) is 0.300. The molecular weight excluding hydrogens is 398 g/mol. The van der Waals surface area contributed by atoms with Crippen LogP contribution in [0.5, 0.6) is 5.75 Å². The molecule has 0 aliphatic heterocycles. The molecule has 0 heterocycles. The summed E-state index contributed by atoms with van der Waals surface area (Å²) in [5.74, 6) is -0.364. The predicted octanol–water partition coefficient (Wildman–Crippen LogP) is 3.95. The van der Waals surface area contributed by atoms with E-state index in [0.717, 1.165) is 15.6 Å². The number of hydrogen-bond donors (Lipinski definition) is 1. The third kappa shape index (κ3) is 6.19. The number of ether oxygens (including phenoxy) is 2. The molecule has 0 aromatic heterocycles. The molecule has 0 radical (unpaired) electrons. The Hall–Kier alpha value is -2.34. The molecule has 1 N–H and O–H groups in total. The Labute approximate surface area is 161 Å². The van der Waals surface area contributed by atoms with Gasteiger partial charge in [0, 0.05) is 4.47 Å². The van der Waals surface area contributed by atoms with E-state index in [1.54, 1.807) is 13.0 Å².